The SMILES string of the molecule is CC(=O)Nc1ccc(NC(=O)[C@H](C)Sc2ncc(-c3ccccc3)n2C)cc1. The Labute approximate surface area is 168 Å². The van der Waals surface area contributed by atoms with Crippen LogP contribution in [0.2, 0.25) is 0 Å². The van der Waals surface area contributed by atoms with E-state index in [0.717, 1.165) is 16.4 Å². The van der Waals surface area contributed by atoms with E-state index in [9.17, 15) is 9.59 Å². The normalized spacial score (nSPS) is 11.7. The van der Waals surface area contributed by atoms with Gasteiger partial charge in [-0.1, -0.05) is 42.1 Å². The molecule has 0 aliphatic carbocycles. The molecule has 0 aliphatic heterocycles. The number of hydrogen-bond donors (Lipinski definition) is 2. The number of nitrogens with zero attached hydrogens (tertiary/aromatic N) is 2. The van der Waals surface area contributed by atoms with Gasteiger partial charge in [-0.3, -0.25) is 9.59 Å². The Morgan fingerprint density at radius 3 is 2.21 bits per heavy atom. The molecule has 144 valence electrons. The van der Waals surface area contributed by atoms with Gasteiger partial charge in [-0.25, -0.2) is 4.98 Å². The zero-order chi connectivity index (χ0) is 20.1. The van der Waals surface area contributed by atoms with Gasteiger partial charge in [0.15, 0.2) is 5.16 Å². The highest BCUT2D eigenvalue weighted by molar-refractivity contribution is 8.00. The van der Waals surface area contributed by atoms with Crippen LogP contribution in [0.3, 0.4) is 0 Å². The third-order valence-corrected chi connectivity index (χ3v) is 5.30. The summed E-state index contributed by atoms with van der Waals surface area (Å²) in [5.74, 6) is -0.242. The molecule has 28 heavy (non-hydrogen) atoms. The van der Waals surface area contributed by atoms with Crippen molar-refractivity contribution in [3.8, 4) is 11.3 Å². The Morgan fingerprint density at radius 1 is 1.00 bits per heavy atom. The fourth-order valence-corrected chi connectivity index (χ4v) is 3.53. The molecule has 7 heteroatoms. The molecule has 2 aromatic carbocycles. The van der Waals surface area contributed by atoms with Crippen LogP contribution in [0.4, 0.5) is 11.4 Å². The topological polar surface area (TPSA) is 76.0 Å². The summed E-state index contributed by atoms with van der Waals surface area (Å²) in [7, 11) is 1.95. The van der Waals surface area contributed by atoms with Crippen LogP contribution in [0.15, 0.2) is 66.0 Å². The first kappa shape index (κ1) is 19.7. The van der Waals surface area contributed by atoms with E-state index in [1.807, 2.05) is 55.1 Å². The van der Waals surface area contributed by atoms with E-state index in [-0.39, 0.29) is 17.1 Å². The lowest BCUT2D eigenvalue weighted by Crippen LogP contribution is -2.22. The summed E-state index contributed by atoms with van der Waals surface area (Å²) in [5, 5.41) is 6.05. The predicted octanol–water partition coefficient (Wildman–Crippen LogP) is 4.16. The summed E-state index contributed by atoms with van der Waals surface area (Å²) in [4.78, 5) is 28.1. The maximum atomic E-state index is 12.5. The first-order chi connectivity index (χ1) is 13.4. The minimum Gasteiger partial charge on any atom is -0.326 e. The third-order valence-electron chi connectivity index (χ3n) is 4.14. The number of amides is 2. The fraction of sp³-hybridized carbons (Fsp3) is 0.190. The number of benzene rings is 2. The second kappa shape index (κ2) is 8.75. The number of anilines is 2. The molecule has 0 saturated heterocycles. The molecule has 2 N–H and O–H groups in total. The molecule has 0 spiro atoms. The molecule has 3 rings (SSSR count). The lowest BCUT2D eigenvalue weighted by molar-refractivity contribution is -0.115. The average molecular weight is 395 g/mol. The molecule has 0 aliphatic rings. The van der Waals surface area contributed by atoms with Crippen LogP contribution < -0.4 is 10.6 Å². The van der Waals surface area contributed by atoms with Crippen LogP contribution in [0.5, 0.6) is 0 Å². The maximum absolute atomic E-state index is 12.5. The van der Waals surface area contributed by atoms with Gasteiger partial charge in [0.2, 0.25) is 11.8 Å². The van der Waals surface area contributed by atoms with E-state index in [0.29, 0.717) is 11.4 Å². The molecule has 0 unspecified atom stereocenters. The molecule has 6 nitrogen and oxygen atoms in total. The van der Waals surface area contributed by atoms with Crippen LogP contribution >= 0.6 is 11.8 Å². The van der Waals surface area contributed by atoms with Gasteiger partial charge >= 0.3 is 0 Å². The Hall–Kier alpha value is -3.06. The van der Waals surface area contributed by atoms with Crippen molar-refractivity contribution in [2.24, 2.45) is 7.05 Å². The average Bonchev–Trinajstić information content (AvgIpc) is 3.04. The van der Waals surface area contributed by atoms with Crippen molar-refractivity contribution in [1.82, 2.24) is 9.55 Å². The van der Waals surface area contributed by atoms with Crippen molar-refractivity contribution >= 4 is 35.0 Å². The van der Waals surface area contributed by atoms with Gasteiger partial charge < -0.3 is 15.2 Å². The largest absolute Gasteiger partial charge is 0.326 e. The quantitative estimate of drug-likeness (QED) is 0.616. The first-order valence-corrected chi connectivity index (χ1v) is 9.74. The van der Waals surface area contributed by atoms with Crippen molar-refractivity contribution in [3.05, 3.63) is 60.8 Å². The lowest BCUT2D eigenvalue weighted by Gasteiger charge is -2.13. The summed E-state index contributed by atoms with van der Waals surface area (Å²) in [5.41, 5.74) is 3.45. The maximum Gasteiger partial charge on any atom is 0.237 e. The number of nitrogens with one attached hydrogen (secondary N) is 2. The summed E-state index contributed by atoms with van der Waals surface area (Å²) < 4.78 is 1.99. The molecule has 0 radical (unpaired) electrons. The highest BCUT2D eigenvalue weighted by Crippen LogP contribution is 2.28. The third kappa shape index (κ3) is 4.80. The molecule has 1 atom stereocenters. The molecular weight excluding hydrogens is 372 g/mol. The number of thioether (sulfide) groups is 1. The van der Waals surface area contributed by atoms with E-state index in [1.165, 1.54) is 18.7 Å². The van der Waals surface area contributed by atoms with Crippen LogP contribution in [-0.2, 0) is 16.6 Å². The van der Waals surface area contributed by atoms with E-state index < -0.39 is 0 Å². The van der Waals surface area contributed by atoms with Crippen molar-refractivity contribution in [1.29, 1.82) is 0 Å². The zero-order valence-electron chi connectivity index (χ0n) is 16.0. The molecule has 0 bridgehead atoms. The van der Waals surface area contributed by atoms with Crippen LogP contribution in [0.1, 0.15) is 13.8 Å². The molecule has 0 saturated carbocycles. The first-order valence-electron chi connectivity index (χ1n) is 8.86. The summed E-state index contributed by atoms with van der Waals surface area (Å²) in [6, 6.07) is 17.0. The Morgan fingerprint density at radius 2 is 1.61 bits per heavy atom. The molecule has 3 aromatic rings. The van der Waals surface area contributed by atoms with Gasteiger partial charge in [0.1, 0.15) is 0 Å². The van der Waals surface area contributed by atoms with E-state index >= 15 is 0 Å². The molecule has 2 amide bonds. The van der Waals surface area contributed by atoms with Crippen molar-refractivity contribution in [2.75, 3.05) is 10.6 Å². The van der Waals surface area contributed by atoms with Crippen molar-refractivity contribution in [2.45, 2.75) is 24.3 Å². The van der Waals surface area contributed by atoms with Gasteiger partial charge in [0.25, 0.3) is 0 Å². The second-order valence-corrected chi connectivity index (χ2v) is 7.67. The summed E-state index contributed by atoms with van der Waals surface area (Å²) >= 11 is 1.41. The second-order valence-electron chi connectivity index (χ2n) is 6.36. The standard InChI is InChI=1S/C21H22N4O2S/c1-14(20(27)24-18-11-9-17(10-12-18)23-15(2)26)28-21-22-13-19(25(21)3)16-7-5-4-6-8-16/h4-14H,1-3H3,(H,23,26)(H,24,27)/t14-/m0/s1. The van der Waals surface area contributed by atoms with Gasteiger partial charge in [0.05, 0.1) is 17.1 Å². The predicted molar refractivity (Wildman–Crippen MR) is 113 cm³/mol. The summed E-state index contributed by atoms with van der Waals surface area (Å²) in [6.07, 6.45) is 1.82. The number of hydrogen-bond acceptors (Lipinski definition) is 4. The zero-order valence-corrected chi connectivity index (χ0v) is 16.8. The lowest BCUT2D eigenvalue weighted by atomic mass is 10.2. The van der Waals surface area contributed by atoms with Crippen LogP contribution in [0.25, 0.3) is 11.3 Å². The Bertz CT molecular complexity index is 968. The fourth-order valence-electron chi connectivity index (χ4n) is 2.67. The smallest absolute Gasteiger partial charge is 0.237 e. The van der Waals surface area contributed by atoms with Crippen LogP contribution in [-0.4, -0.2) is 26.6 Å². The minimum absolute atomic E-state index is 0.110. The van der Waals surface area contributed by atoms with Crippen LogP contribution in [0, 0.1) is 0 Å². The van der Waals surface area contributed by atoms with E-state index in [1.54, 1.807) is 24.3 Å². The minimum atomic E-state index is -0.320. The molecule has 0 fully saturated rings. The number of imidazole rings is 1. The number of aromatic nitrogens is 2. The molecular formula is C21H22N4O2S. The van der Waals surface area contributed by atoms with Gasteiger partial charge in [0, 0.05) is 25.3 Å². The molecule has 1 aromatic heterocycles. The Kier molecular flexibility index (Phi) is 6.16. The number of carbonyl (C=O) groups excluding carboxylic acids is 2. The molecule has 1 heterocycles. The summed E-state index contributed by atoms with van der Waals surface area (Å²) in [6.45, 7) is 3.30. The van der Waals surface area contributed by atoms with Gasteiger partial charge in [-0.15, -0.1) is 0 Å². The number of rotatable bonds is 6. The van der Waals surface area contributed by atoms with Gasteiger partial charge in [-0.05, 0) is 36.8 Å². The van der Waals surface area contributed by atoms with Crippen molar-refractivity contribution in [3.63, 3.8) is 0 Å². The van der Waals surface area contributed by atoms with E-state index in [4.69, 9.17) is 0 Å². The van der Waals surface area contributed by atoms with E-state index in [2.05, 4.69) is 15.6 Å². The highest BCUT2D eigenvalue weighted by Gasteiger charge is 2.18. The Balaban J connectivity index is 1.63. The monoisotopic (exact) mass is 394 g/mol. The van der Waals surface area contributed by atoms with Gasteiger partial charge in [-0.2, -0.15) is 0 Å². The highest BCUT2D eigenvalue weighted by atomic mass is 32.2. The van der Waals surface area contributed by atoms with Crippen molar-refractivity contribution < 1.29 is 9.59 Å². The number of carbonyl (C=O) groups is 2.